The van der Waals surface area contributed by atoms with Crippen LogP contribution in [0.15, 0.2) is 64.1 Å². The summed E-state index contributed by atoms with van der Waals surface area (Å²) in [7, 11) is 1.80. The number of rotatable bonds is 4. The minimum atomic E-state index is -0.711. The summed E-state index contributed by atoms with van der Waals surface area (Å²) in [5.41, 5.74) is 7.53. The van der Waals surface area contributed by atoms with E-state index >= 15 is 0 Å². The maximum absolute atomic E-state index is 13.9. The van der Waals surface area contributed by atoms with E-state index in [4.69, 9.17) is 10.2 Å². The normalized spacial score (nSPS) is 12.9. The lowest BCUT2D eigenvalue weighted by Crippen LogP contribution is -2.33. The molecule has 0 bridgehead atoms. The van der Waals surface area contributed by atoms with Gasteiger partial charge in [-0.25, -0.2) is 4.68 Å². The molecule has 0 fully saturated rings. The van der Waals surface area contributed by atoms with E-state index in [2.05, 4.69) is 37.7 Å². The number of nitrogen functional groups attached to an aromatic ring is 1. The monoisotopic (exact) mass is 521 g/mol. The average molecular weight is 522 g/mol. The van der Waals surface area contributed by atoms with Crippen molar-refractivity contribution in [2.75, 3.05) is 17.6 Å². The molecule has 0 saturated carbocycles. The van der Waals surface area contributed by atoms with Gasteiger partial charge < -0.3 is 20.8 Å². The van der Waals surface area contributed by atoms with Crippen LogP contribution in [0.2, 0.25) is 0 Å². The molecule has 0 aliphatic carbocycles. The standard InChI is InChI=1S/C27H23N9O3/c1-16(30-25(37)21-22(28)33-35-13-6-12-29-24(21)35)23-31-26-20(27(38)36(23)19-7-4-3-5-8-19)17(15-39-26)9-10-18-11-14-34(2)32-18/h3-8,11,13-16,29H,12H2,1-2H3,(H2,28,33)(H,30,37). The fraction of sp³-hybridized carbons (Fsp3) is 0.148. The molecule has 39 heavy (non-hydrogen) atoms. The number of aryl methyl sites for hydroxylation is 1. The van der Waals surface area contributed by atoms with Crippen LogP contribution >= 0.6 is 0 Å². The number of benzene rings is 1. The van der Waals surface area contributed by atoms with Crippen LogP contribution < -0.4 is 21.9 Å². The summed E-state index contributed by atoms with van der Waals surface area (Å²) < 4.78 is 10.3. The van der Waals surface area contributed by atoms with Gasteiger partial charge in [-0.15, -0.1) is 5.10 Å². The van der Waals surface area contributed by atoms with Crippen molar-refractivity contribution in [1.29, 1.82) is 0 Å². The number of para-hydroxylation sites is 1. The van der Waals surface area contributed by atoms with Crippen LogP contribution in [0, 0.1) is 11.8 Å². The zero-order valence-corrected chi connectivity index (χ0v) is 21.0. The molecule has 194 valence electrons. The molecular weight excluding hydrogens is 498 g/mol. The first kappa shape index (κ1) is 23.8. The average Bonchev–Trinajstić information content (AvgIpc) is 3.63. The maximum atomic E-state index is 13.9. The van der Waals surface area contributed by atoms with Gasteiger partial charge in [0.25, 0.3) is 11.5 Å². The Morgan fingerprint density at radius 3 is 2.79 bits per heavy atom. The van der Waals surface area contributed by atoms with E-state index in [-0.39, 0.29) is 33.9 Å². The van der Waals surface area contributed by atoms with E-state index < -0.39 is 11.9 Å². The number of nitrogens with one attached hydrogen (secondary N) is 2. The Morgan fingerprint density at radius 1 is 1.21 bits per heavy atom. The van der Waals surface area contributed by atoms with Gasteiger partial charge in [-0.3, -0.25) is 18.8 Å². The van der Waals surface area contributed by atoms with Crippen LogP contribution in [-0.2, 0) is 7.05 Å². The van der Waals surface area contributed by atoms with Gasteiger partial charge in [-0.2, -0.15) is 10.1 Å². The van der Waals surface area contributed by atoms with Gasteiger partial charge in [0.05, 0.1) is 17.3 Å². The third-order valence-corrected chi connectivity index (χ3v) is 6.22. The minimum absolute atomic E-state index is 0.0831. The summed E-state index contributed by atoms with van der Waals surface area (Å²) in [6, 6.07) is 10.1. The molecule has 1 amide bonds. The Labute approximate surface area is 221 Å². The SMILES string of the molecule is CC(NC(=O)c1c(N)nn2c1NCC=C2)c1nc2occ(C#Cc3ccn(C)n3)c2c(=O)n1-c1ccccc1. The number of furan rings is 1. The molecule has 4 aromatic heterocycles. The number of amides is 1. The second-order valence-electron chi connectivity index (χ2n) is 8.91. The molecule has 5 heterocycles. The predicted octanol–water partition coefficient (Wildman–Crippen LogP) is 2.28. The second kappa shape index (κ2) is 9.38. The van der Waals surface area contributed by atoms with E-state index in [0.717, 1.165) is 0 Å². The van der Waals surface area contributed by atoms with Gasteiger partial charge in [0.1, 0.15) is 34.5 Å². The molecule has 1 aromatic carbocycles. The summed E-state index contributed by atoms with van der Waals surface area (Å²) >= 11 is 0. The third kappa shape index (κ3) is 4.21. The van der Waals surface area contributed by atoms with Gasteiger partial charge in [-0.05, 0) is 37.1 Å². The van der Waals surface area contributed by atoms with Crippen molar-refractivity contribution in [2.24, 2.45) is 7.05 Å². The number of aromatic nitrogens is 6. The highest BCUT2D eigenvalue weighted by molar-refractivity contribution is 6.04. The van der Waals surface area contributed by atoms with Crippen molar-refractivity contribution in [3.63, 3.8) is 0 Å². The molecular formula is C27H23N9O3. The number of nitrogens with two attached hydrogens (primary N) is 1. The predicted molar refractivity (Wildman–Crippen MR) is 145 cm³/mol. The molecule has 0 radical (unpaired) electrons. The van der Waals surface area contributed by atoms with E-state index in [1.54, 1.807) is 49.2 Å². The first-order chi connectivity index (χ1) is 18.9. The molecule has 5 aromatic rings. The number of fused-ring (bicyclic) bond motifs is 2. The Hall–Kier alpha value is -5.57. The number of anilines is 2. The lowest BCUT2D eigenvalue weighted by Gasteiger charge is -2.19. The van der Waals surface area contributed by atoms with Crippen LogP contribution in [0.25, 0.3) is 23.0 Å². The van der Waals surface area contributed by atoms with Crippen molar-refractivity contribution in [3.05, 3.63) is 87.9 Å². The molecule has 1 aliphatic rings. The fourth-order valence-electron chi connectivity index (χ4n) is 4.42. The third-order valence-electron chi connectivity index (χ3n) is 6.22. The number of carbonyl (C=O) groups is 1. The molecule has 0 spiro atoms. The van der Waals surface area contributed by atoms with Gasteiger partial charge >= 0.3 is 0 Å². The largest absolute Gasteiger partial charge is 0.445 e. The lowest BCUT2D eigenvalue weighted by molar-refractivity contribution is 0.0939. The van der Waals surface area contributed by atoms with Crippen LogP contribution in [-0.4, -0.2) is 41.6 Å². The Bertz CT molecular complexity index is 1880. The highest BCUT2D eigenvalue weighted by atomic mass is 16.3. The summed E-state index contributed by atoms with van der Waals surface area (Å²) in [6.45, 7) is 2.27. The van der Waals surface area contributed by atoms with Gasteiger partial charge in [-0.1, -0.05) is 24.1 Å². The quantitative estimate of drug-likeness (QED) is 0.305. The molecule has 1 atom stereocenters. The Balaban J connectivity index is 1.43. The molecule has 1 unspecified atom stereocenters. The molecule has 1 aliphatic heterocycles. The first-order valence-electron chi connectivity index (χ1n) is 12.1. The number of hydrogen-bond donors (Lipinski definition) is 3. The first-order valence-corrected chi connectivity index (χ1v) is 12.1. The minimum Gasteiger partial charge on any atom is -0.445 e. The van der Waals surface area contributed by atoms with Crippen molar-refractivity contribution in [3.8, 4) is 17.5 Å². The number of nitrogens with zero attached hydrogens (tertiary/aromatic N) is 6. The van der Waals surface area contributed by atoms with Gasteiger partial charge in [0.15, 0.2) is 5.82 Å². The van der Waals surface area contributed by atoms with E-state index in [0.29, 0.717) is 29.3 Å². The maximum Gasteiger partial charge on any atom is 0.270 e. The lowest BCUT2D eigenvalue weighted by atomic mass is 10.2. The Kier molecular flexibility index (Phi) is 5.73. The van der Waals surface area contributed by atoms with Crippen molar-refractivity contribution >= 4 is 34.8 Å². The molecule has 4 N–H and O–H groups in total. The van der Waals surface area contributed by atoms with Crippen molar-refractivity contribution in [1.82, 2.24) is 34.4 Å². The summed E-state index contributed by atoms with van der Waals surface area (Å²) in [5, 5.41) is 14.7. The van der Waals surface area contributed by atoms with E-state index in [1.807, 2.05) is 24.3 Å². The smallest absolute Gasteiger partial charge is 0.270 e. The zero-order chi connectivity index (χ0) is 27.1. The summed E-state index contributed by atoms with van der Waals surface area (Å²) in [6.07, 6.45) is 6.77. The van der Waals surface area contributed by atoms with Crippen molar-refractivity contribution < 1.29 is 9.21 Å². The summed E-state index contributed by atoms with van der Waals surface area (Å²) in [4.78, 5) is 31.9. The molecule has 6 rings (SSSR count). The van der Waals surface area contributed by atoms with Gasteiger partial charge in [0.2, 0.25) is 5.71 Å². The molecule has 12 heteroatoms. The van der Waals surface area contributed by atoms with Crippen molar-refractivity contribution in [2.45, 2.75) is 13.0 Å². The van der Waals surface area contributed by atoms with Crippen LogP contribution in [0.4, 0.5) is 11.6 Å². The topological polar surface area (TPSA) is 151 Å². The number of carbonyl (C=O) groups excluding carboxylic acids is 1. The zero-order valence-electron chi connectivity index (χ0n) is 21.0. The molecule has 12 nitrogen and oxygen atoms in total. The molecule has 0 saturated heterocycles. The fourth-order valence-corrected chi connectivity index (χ4v) is 4.42. The number of hydrogen-bond acceptors (Lipinski definition) is 8. The highest BCUT2D eigenvalue weighted by Gasteiger charge is 2.27. The second-order valence-corrected chi connectivity index (χ2v) is 8.91. The van der Waals surface area contributed by atoms with E-state index in [1.165, 1.54) is 15.5 Å². The van der Waals surface area contributed by atoms with Crippen LogP contribution in [0.1, 0.15) is 40.4 Å². The Morgan fingerprint density at radius 2 is 2.03 bits per heavy atom. The highest BCUT2D eigenvalue weighted by Crippen LogP contribution is 2.26. The van der Waals surface area contributed by atoms with Crippen LogP contribution in [0.3, 0.4) is 0 Å². The summed E-state index contributed by atoms with van der Waals surface area (Å²) in [5.74, 6) is 6.32. The van der Waals surface area contributed by atoms with E-state index in [9.17, 15) is 9.59 Å². The van der Waals surface area contributed by atoms with Crippen LogP contribution in [0.5, 0.6) is 0 Å². The van der Waals surface area contributed by atoms with Gasteiger partial charge in [0, 0.05) is 26.0 Å².